The fourth-order valence-corrected chi connectivity index (χ4v) is 3.86. The molecule has 7 heteroatoms. The van der Waals surface area contributed by atoms with Crippen molar-refractivity contribution < 1.29 is 14.2 Å². The highest BCUT2D eigenvalue weighted by atomic mass is 16.5. The highest BCUT2D eigenvalue weighted by molar-refractivity contribution is 5.80. The van der Waals surface area contributed by atoms with Crippen molar-refractivity contribution in [3.05, 3.63) is 46.8 Å². The number of imidazole rings is 1. The van der Waals surface area contributed by atoms with Gasteiger partial charge in [0.1, 0.15) is 5.82 Å². The van der Waals surface area contributed by atoms with Crippen LogP contribution >= 0.6 is 0 Å². The second kappa shape index (κ2) is 7.33. The Morgan fingerprint density at radius 1 is 1.00 bits per heavy atom. The van der Waals surface area contributed by atoms with Crippen molar-refractivity contribution >= 4 is 11.0 Å². The molecule has 3 N–H and O–H groups in total. The largest absolute Gasteiger partial charge is 0.493 e. The number of ether oxygens (including phenoxy) is 3. The van der Waals surface area contributed by atoms with Crippen LogP contribution in [0.25, 0.3) is 11.0 Å². The molecule has 0 spiro atoms. The van der Waals surface area contributed by atoms with Gasteiger partial charge >= 0.3 is 0 Å². The molecule has 2 heterocycles. The Morgan fingerprint density at radius 2 is 1.71 bits per heavy atom. The lowest BCUT2D eigenvalue weighted by atomic mass is 9.93. The van der Waals surface area contributed by atoms with Crippen molar-refractivity contribution in [1.82, 2.24) is 20.8 Å². The number of nitrogens with zero attached hydrogens (tertiary/aromatic N) is 1. The topological polar surface area (TPSA) is 80.4 Å². The van der Waals surface area contributed by atoms with Crippen LogP contribution in [0, 0.1) is 13.8 Å². The second-order valence-corrected chi connectivity index (χ2v) is 7.09. The smallest absolute Gasteiger partial charge is 0.203 e. The van der Waals surface area contributed by atoms with Crippen LogP contribution in [0.15, 0.2) is 24.3 Å². The van der Waals surface area contributed by atoms with Gasteiger partial charge in [0, 0.05) is 6.54 Å². The first-order valence-electron chi connectivity index (χ1n) is 9.31. The monoisotopic (exact) mass is 382 g/mol. The van der Waals surface area contributed by atoms with Crippen LogP contribution in [0.4, 0.5) is 0 Å². The summed E-state index contributed by atoms with van der Waals surface area (Å²) < 4.78 is 16.5. The Morgan fingerprint density at radius 3 is 2.36 bits per heavy atom. The molecule has 1 aliphatic heterocycles. The van der Waals surface area contributed by atoms with Gasteiger partial charge < -0.3 is 19.2 Å². The molecule has 2 atom stereocenters. The van der Waals surface area contributed by atoms with E-state index in [0.717, 1.165) is 29.0 Å². The van der Waals surface area contributed by atoms with Gasteiger partial charge in [0.05, 0.1) is 44.3 Å². The third-order valence-electron chi connectivity index (χ3n) is 5.58. The summed E-state index contributed by atoms with van der Waals surface area (Å²) in [6.07, 6.45) is 0. The minimum Gasteiger partial charge on any atom is -0.493 e. The molecule has 0 bridgehead atoms. The molecule has 1 saturated heterocycles. The van der Waals surface area contributed by atoms with Crippen LogP contribution in [0.3, 0.4) is 0 Å². The third-order valence-corrected chi connectivity index (χ3v) is 5.58. The Labute approximate surface area is 164 Å². The minimum absolute atomic E-state index is 0.00988. The average molecular weight is 382 g/mol. The normalized spacial score (nSPS) is 19.2. The Balaban J connectivity index is 1.76. The van der Waals surface area contributed by atoms with E-state index in [-0.39, 0.29) is 12.0 Å². The highest BCUT2D eigenvalue weighted by Gasteiger charge is 2.33. The number of hydrogen-bond acceptors (Lipinski definition) is 6. The van der Waals surface area contributed by atoms with E-state index in [4.69, 9.17) is 19.2 Å². The molecule has 7 nitrogen and oxygen atoms in total. The first kappa shape index (κ1) is 18.6. The van der Waals surface area contributed by atoms with Gasteiger partial charge in [-0.1, -0.05) is 6.07 Å². The zero-order valence-corrected chi connectivity index (χ0v) is 16.8. The van der Waals surface area contributed by atoms with Crippen molar-refractivity contribution in [3.8, 4) is 17.2 Å². The molecule has 2 unspecified atom stereocenters. The maximum absolute atomic E-state index is 5.52. The fraction of sp³-hybridized carbons (Fsp3) is 0.381. The lowest BCUT2D eigenvalue weighted by molar-refractivity contribution is 0.323. The predicted molar refractivity (Wildman–Crippen MR) is 108 cm³/mol. The van der Waals surface area contributed by atoms with Crippen molar-refractivity contribution in [2.45, 2.75) is 25.8 Å². The maximum atomic E-state index is 5.52. The lowest BCUT2D eigenvalue weighted by Crippen LogP contribution is -2.25. The van der Waals surface area contributed by atoms with Gasteiger partial charge in [-0.05, 0) is 48.7 Å². The van der Waals surface area contributed by atoms with E-state index in [2.05, 4.69) is 41.8 Å². The van der Waals surface area contributed by atoms with E-state index in [1.54, 1.807) is 21.3 Å². The van der Waals surface area contributed by atoms with E-state index < -0.39 is 0 Å². The SMILES string of the molecule is COc1cc(C2NNCC2c2nc3c(C)c(C)ccc3[nH]2)cc(OC)c1OC. The van der Waals surface area contributed by atoms with E-state index in [0.29, 0.717) is 17.2 Å². The van der Waals surface area contributed by atoms with Gasteiger partial charge in [0.25, 0.3) is 0 Å². The van der Waals surface area contributed by atoms with Gasteiger partial charge in [-0.25, -0.2) is 10.4 Å². The maximum Gasteiger partial charge on any atom is 0.203 e. The standard InChI is InChI=1S/C21H26N4O3/c1-11-6-7-15-18(12(11)2)24-21(23-15)14-10-22-25-19(14)13-8-16(26-3)20(28-5)17(9-13)27-4/h6-9,14,19,22,25H,10H2,1-5H3,(H,23,24). The summed E-state index contributed by atoms with van der Waals surface area (Å²) in [5, 5.41) is 0. The van der Waals surface area contributed by atoms with Crippen LogP contribution < -0.4 is 25.1 Å². The number of rotatable bonds is 5. The molecule has 28 heavy (non-hydrogen) atoms. The van der Waals surface area contributed by atoms with Gasteiger partial charge in [0.2, 0.25) is 5.75 Å². The van der Waals surface area contributed by atoms with Crippen LogP contribution in [0.5, 0.6) is 17.2 Å². The number of H-pyrrole nitrogens is 1. The molecule has 1 fully saturated rings. The zero-order chi connectivity index (χ0) is 19.8. The van der Waals surface area contributed by atoms with E-state index >= 15 is 0 Å². The average Bonchev–Trinajstić information content (AvgIpc) is 3.36. The molecule has 0 amide bonds. The number of fused-ring (bicyclic) bond motifs is 1. The molecule has 0 radical (unpaired) electrons. The molecular formula is C21H26N4O3. The molecule has 0 aliphatic carbocycles. The summed E-state index contributed by atoms with van der Waals surface area (Å²) in [5.74, 6) is 2.96. The van der Waals surface area contributed by atoms with Crippen LogP contribution in [-0.4, -0.2) is 37.8 Å². The number of aromatic nitrogens is 2. The van der Waals surface area contributed by atoms with Crippen molar-refractivity contribution in [2.75, 3.05) is 27.9 Å². The van der Waals surface area contributed by atoms with Gasteiger partial charge in [0.15, 0.2) is 11.5 Å². The number of hydrogen-bond donors (Lipinski definition) is 3. The van der Waals surface area contributed by atoms with Gasteiger partial charge in [-0.15, -0.1) is 0 Å². The summed E-state index contributed by atoms with van der Waals surface area (Å²) >= 11 is 0. The first-order chi connectivity index (χ1) is 13.6. The fourth-order valence-electron chi connectivity index (χ4n) is 3.86. The summed E-state index contributed by atoms with van der Waals surface area (Å²) in [4.78, 5) is 8.43. The Kier molecular flexibility index (Phi) is 4.87. The third kappa shape index (κ3) is 2.96. The van der Waals surface area contributed by atoms with Crippen molar-refractivity contribution in [1.29, 1.82) is 0 Å². The molecule has 3 aromatic rings. The molecular weight excluding hydrogens is 356 g/mol. The summed E-state index contributed by atoms with van der Waals surface area (Å²) in [6, 6.07) is 8.20. The van der Waals surface area contributed by atoms with Crippen LogP contribution in [0.1, 0.15) is 34.5 Å². The van der Waals surface area contributed by atoms with E-state index in [1.165, 1.54) is 11.1 Å². The molecule has 2 aromatic carbocycles. The molecule has 148 valence electrons. The second-order valence-electron chi connectivity index (χ2n) is 7.09. The van der Waals surface area contributed by atoms with Gasteiger partial charge in [-0.2, -0.15) is 0 Å². The predicted octanol–water partition coefficient (Wildman–Crippen LogP) is 3.14. The van der Waals surface area contributed by atoms with Crippen LogP contribution in [0.2, 0.25) is 0 Å². The lowest BCUT2D eigenvalue weighted by Gasteiger charge is -2.20. The molecule has 4 rings (SSSR count). The number of aryl methyl sites for hydroxylation is 2. The number of hydrazine groups is 1. The summed E-state index contributed by atoms with van der Waals surface area (Å²) in [6.45, 7) is 4.99. The number of methoxy groups -OCH3 is 3. The zero-order valence-electron chi connectivity index (χ0n) is 16.8. The summed E-state index contributed by atoms with van der Waals surface area (Å²) in [7, 11) is 4.86. The molecule has 0 saturated carbocycles. The number of aromatic amines is 1. The quantitative estimate of drug-likeness (QED) is 0.629. The Hall–Kier alpha value is -2.77. The number of nitrogens with one attached hydrogen (secondary N) is 3. The molecule has 1 aromatic heterocycles. The van der Waals surface area contributed by atoms with E-state index in [1.807, 2.05) is 12.1 Å². The van der Waals surface area contributed by atoms with Crippen molar-refractivity contribution in [3.63, 3.8) is 0 Å². The molecule has 1 aliphatic rings. The van der Waals surface area contributed by atoms with Crippen LogP contribution in [-0.2, 0) is 0 Å². The van der Waals surface area contributed by atoms with E-state index in [9.17, 15) is 0 Å². The summed E-state index contributed by atoms with van der Waals surface area (Å²) in [5.41, 5.74) is 12.2. The highest BCUT2D eigenvalue weighted by Crippen LogP contribution is 2.42. The first-order valence-corrected chi connectivity index (χ1v) is 9.31. The van der Waals surface area contributed by atoms with Crippen molar-refractivity contribution in [2.24, 2.45) is 0 Å². The number of benzene rings is 2. The Bertz CT molecular complexity index is 989. The minimum atomic E-state index is 0.00988. The van der Waals surface area contributed by atoms with Gasteiger partial charge in [-0.3, -0.25) is 5.43 Å².